The summed E-state index contributed by atoms with van der Waals surface area (Å²) in [5.41, 5.74) is 3.95. The fourth-order valence-electron chi connectivity index (χ4n) is 2.29. The molecular formula is C18H19N5O2S. The lowest BCUT2D eigenvalue weighted by Crippen LogP contribution is -2.14. The van der Waals surface area contributed by atoms with Crippen LogP contribution in [0.1, 0.15) is 11.1 Å². The topological polar surface area (TPSA) is 81.9 Å². The van der Waals surface area contributed by atoms with E-state index in [4.69, 9.17) is 4.74 Å². The summed E-state index contributed by atoms with van der Waals surface area (Å²) in [7, 11) is 1.60. The second-order valence-corrected chi connectivity index (χ2v) is 6.65. The molecule has 0 bridgehead atoms. The molecule has 0 radical (unpaired) electrons. The fraction of sp³-hybridized carbons (Fsp3) is 0.222. The molecule has 0 aliphatic rings. The quantitative estimate of drug-likeness (QED) is 0.673. The minimum absolute atomic E-state index is 0.130. The molecule has 0 unspecified atom stereocenters. The van der Waals surface area contributed by atoms with Gasteiger partial charge in [0.2, 0.25) is 11.1 Å². The highest BCUT2D eigenvalue weighted by Crippen LogP contribution is 2.21. The number of rotatable bonds is 6. The first kappa shape index (κ1) is 17.9. The molecule has 1 heterocycles. The van der Waals surface area contributed by atoms with Crippen molar-refractivity contribution in [2.75, 3.05) is 18.2 Å². The Morgan fingerprint density at radius 1 is 1.15 bits per heavy atom. The second-order valence-electron chi connectivity index (χ2n) is 5.71. The molecule has 3 rings (SSSR count). The van der Waals surface area contributed by atoms with Crippen molar-refractivity contribution in [3.8, 4) is 11.4 Å². The number of anilines is 1. The number of tetrazole rings is 1. The van der Waals surface area contributed by atoms with E-state index in [2.05, 4.69) is 27.8 Å². The first-order valence-electron chi connectivity index (χ1n) is 7.99. The lowest BCUT2D eigenvalue weighted by atomic mass is 10.1. The molecule has 0 aliphatic carbocycles. The normalized spacial score (nSPS) is 10.6. The highest BCUT2D eigenvalue weighted by molar-refractivity contribution is 7.99. The zero-order valence-electron chi connectivity index (χ0n) is 14.8. The summed E-state index contributed by atoms with van der Waals surface area (Å²) in [6, 6.07) is 13.2. The predicted molar refractivity (Wildman–Crippen MR) is 101 cm³/mol. The van der Waals surface area contributed by atoms with Gasteiger partial charge < -0.3 is 10.1 Å². The van der Waals surface area contributed by atoms with Gasteiger partial charge >= 0.3 is 0 Å². The predicted octanol–water partition coefficient (Wildman–Crippen LogP) is 3.02. The Balaban J connectivity index is 1.63. The number of methoxy groups -OCH3 is 1. The van der Waals surface area contributed by atoms with Gasteiger partial charge in [-0.15, -0.1) is 5.10 Å². The second kappa shape index (κ2) is 8.01. The van der Waals surface area contributed by atoms with Gasteiger partial charge in [0.1, 0.15) is 5.75 Å². The van der Waals surface area contributed by atoms with Crippen LogP contribution in [-0.2, 0) is 4.79 Å². The summed E-state index contributed by atoms with van der Waals surface area (Å²) in [6.07, 6.45) is 0. The van der Waals surface area contributed by atoms with E-state index in [-0.39, 0.29) is 11.7 Å². The molecule has 0 atom stereocenters. The molecular weight excluding hydrogens is 350 g/mol. The number of carbonyl (C=O) groups excluding carboxylic acids is 1. The van der Waals surface area contributed by atoms with Crippen molar-refractivity contribution in [3.05, 3.63) is 53.6 Å². The van der Waals surface area contributed by atoms with Gasteiger partial charge in [0.15, 0.2) is 0 Å². The lowest BCUT2D eigenvalue weighted by Gasteiger charge is -2.08. The average Bonchev–Trinajstić information content (AvgIpc) is 3.11. The van der Waals surface area contributed by atoms with Crippen LogP contribution >= 0.6 is 11.8 Å². The highest BCUT2D eigenvalue weighted by Gasteiger charge is 2.12. The number of hydrogen-bond donors (Lipinski definition) is 1. The van der Waals surface area contributed by atoms with E-state index < -0.39 is 0 Å². The number of nitrogens with zero attached hydrogens (tertiary/aromatic N) is 4. The van der Waals surface area contributed by atoms with Gasteiger partial charge in [0.05, 0.1) is 18.6 Å². The van der Waals surface area contributed by atoms with E-state index in [1.807, 2.05) is 25.1 Å². The zero-order chi connectivity index (χ0) is 18.5. The van der Waals surface area contributed by atoms with E-state index in [1.165, 1.54) is 17.3 Å². The molecule has 26 heavy (non-hydrogen) atoms. The summed E-state index contributed by atoms with van der Waals surface area (Å²) in [5, 5.41) is 15.2. The number of hydrogen-bond acceptors (Lipinski definition) is 6. The molecule has 0 spiro atoms. The number of thioether (sulfide) groups is 1. The molecule has 1 amide bonds. The zero-order valence-corrected chi connectivity index (χ0v) is 15.6. The Labute approximate surface area is 155 Å². The summed E-state index contributed by atoms with van der Waals surface area (Å²) >= 11 is 1.28. The lowest BCUT2D eigenvalue weighted by molar-refractivity contribution is -0.113. The number of aryl methyl sites for hydroxylation is 2. The van der Waals surface area contributed by atoms with Crippen molar-refractivity contribution in [2.24, 2.45) is 0 Å². The van der Waals surface area contributed by atoms with Gasteiger partial charge in [0, 0.05) is 5.69 Å². The van der Waals surface area contributed by atoms with E-state index in [0.717, 1.165) is 17.0 Å². The molecule has 7 nitrogen and oxygen atoms in total. The van der Waals surface area contributed by atoms with Crippen molar-refractivity contribution in [2.45, 2.75) is 19.0 Å². The monoisotopic (exact) mass is 369 g/mol. The van der Waals surface area contributed by atoms with Crippen LogP contribution < -0.4 is 10.1 Å². The van der Waals surface area contributed by atoms with Gasteiger partial charge in [-0.25, -0.2) is 0 Å². The third-order valence-electron chi connectivity index (χ3n) is 3.88. The first-order valence-corrected chi connectivity index (χ1v) is 8.98. The maximum Gasteiger partial charge on any atom is 0.234 e. The van der Waals surface area contributed by atoms with Crippen molar-refractivity contribution in [1.29, 1.82) is 0 Å². The third-order valence-corrected chi connectivity index (χ3v) is 4.80. The Hall–Kier alpha value is -2.87. The van der Waals surface area contributed by atoms with Gasteiger partial charge in [-0.05, 0) is 71.8 Å². The average molecular weight is 369 g/mol. The third kappa shape index (κ3) is 4.20. The van der Waals surface area contributed by atoms with Crippen molar-refractivity contribution < 1.29 is 9.53 Å². The Bertz CT molecular complexity index is 908. The molecule has 2 aromatic carbocycles. The Morgan fingerprint density at radius 2 is 1.92 bits per heavy atom. The molecule has 0 fully saturated rings. The first-order chi connectivity index (χ1) is 12.6. The molecule has 1 N–H and O–H groups in total. The largest absolute Gasteiger partial charge is 0.497 e. The van der Waals surface area contributed by atoms with E-state index in [0.29, 0.717) is 10.8 Å². The number of benzene rings is 2. The van der Waals surface area contributed by atoms with Crippen LogP contribution in [0.5, 0.6) is 5.75 Å². The molecule has 8 heteroatoms. The Kier molecular flexibility index (Phi) is 5.52. The SMILES string of the molecule is COc1ccc(NC(=O)CSc2nnnn2-c2ccc(C)c(C)c2)cc1. The number of carbonyl (C=O) groups is 1. The van der Waals surface area contributed by atoms with Crippen molar-refractivity contribution >= 4 is 23.4 Å². The molecule has 3 aromatic rings. The van der Waals surface area contributed by atoms with Crippen molar-refractivity contribution in [3.63, 3.8) is 0 Å². The molecule has 0 saturated carbocycles. The van der Waals surface area contributed by atoms with Crippen LogP contribution in [0.4, 0.5) is 5.69 Å². The fourth-order valence-corrected chi connectivity index (χ4v) is 2.98. The van der Waals surface area contributed by atoms with Gasteiger partial charge in [-0.2, -0.15) is 4.68 Å². The standard InChI is InChI=1S/C18H19N5O2S/c1-12-4-7-15(10-13(12)2)23-18(20-21-22-23)26-11-17(24)19-14-5-8-16(25-3)9-6-14/h4-10H,11H2,1-3H3,(H,19,24). The van der Waals surface area contributed by atoms with E-state index in [9.17, 15) is 4.79 Å². The van der Waals surface area contributed by atoms with Gasteiger partial charge in [-0.1, -0.05) is 17.8 Å². The summed E-state index contributed by atoms with van der Waals surface area (Å²) < 4.78 is 6.74. The molecule has 134 valence electrons. The van der Waals surface area contributed by atoms with Gasteiger partial charge in [0.25, 0.3) is 0 Å². The molecule has 1 aromatic heterocycles. The summed E-state index contributed by atoms with van der Waals surface area (Å²) in [4.78, 5) is 12.2. The number of aromatic nitrogens is 4. The highest BCUT2D eigenvalue weighted by atomic mass is 32.2. The summed E-state index contributed by atoms with van der Waals surface area (Å²) in [6.45, 7) is 4.09. The smallest absolute Gasteiger partial charge is 0.234 e. The van der Waals surface area contributed by atoms with Crippen molar-refractivity contribution in [1.82, 2.24) is 20.2 Å². The number of nitrogens with one attached hydrogen (secondary N) is 1. The maximum absolute atomic E-state index is 12.2. The number of amides is 1. The van der Waals surface area contributed by atoms with Crippen LogP contribution in [0.2, 0.25) is 0 Å². The van der Waals surface area contributed by atoms with Gasteiger partial charge in [-0.3, -0.25) is 4.79 Å². The minimum Gasteiger partial charge on any atom is -0.497 e. The van der Waals surface area contributed by atoms with E-state index in [1.54, 1.807) is 36.1 Å². The Morgan fingerprint density at radius 3 is 2.62 bits per heavy atom. The maximum atomic E-state index is 12.2. The van der Waals surface area contributed by atoms with Crippen LogP contribution in [0.15, 0.2) is 47.6 Å². The van der Waals surface area contributed by atoms with Crippen LogP contribution in [0.3, 0.4) is 0 Å². The number of ether oxygens (including phenoxy) is 1. The van der Waals surface area contributed by atoms with Crippen LogP contribution in [0, 0.1) is 13.8 Å². The summed E-state index contributed by atoms with van der Waals surface area (Å²) in [5.74, 6) is 0.816. The molecule has 0 saturated heterocycles. The van der Waals surface area contributed by atoms with E-state index >= 15 is 0 Å². The van der Waals surface area contributed by atoms with Crippen LogP contribution in [-0.4, -0.2) is 39.0 Å². The minimum atomic E-state index is -0.130. The van der Waals surface area contributed by atoms with Crippen LogP contribution in [0.25, 0.3) is 5.69 Å². The molecule has 0 aliphatic heterocycles.